The summed E-state index contributed by atoms with van der Waals surface area (Å²) in [6.45, 7) is 2.06. The van der Waals surface area contributed by atoms with Crippen LogP contribution in [0, 0.1) is 18.6 Å². The Balaban J connectivity index is 2.05. The number of hydrogen-bond donors (Lipinski definition) is 1. The summed E-state index contributed by atoms with van der Waals surface area (Å²) in [5.74, 6) is -1.06. The van der Waals surface area contributed by atoms with Crippen molar-refractivity contribution >= 4 is 23.4 Å². The van der Waals surface area contributed by atoms with Gasteiger partial charge in [-0.2, -0.15) is 4.98 Å². The predicted octanol–water partition coefficient (Wildman–Crippen LogP) is 4.35. The van der Waals surface area contributed by atoms with Gasteiger partial charge in [0.05, 0.1) is 19.9 Å². The third kappa shape index (κ3) is 4.33. The Bertz CT molecular complexity index is 1050. The zero-order valence-corrected chi connectivity index (χ0v) is 16.4. The third-order valence-corrected chi connectivity index (χ3v) is 5.09. The standard InChI is InChI=1S/C20H19F2N3O2S/c1-12-16(5-4-6-18(12)28-3)23-20-24-19(26)17(27-2)11-25(20)10-13-7-14(21)9-15(22)8-13/h4-9,11H,10H2,1-3H3,(H,23,24,26). The molecule has 0 radical (unpaired) electrons. The van der Waals surface area contributed by atoms with Crippen molar-refractivity contribution in [2.45, 2.75) is 18.4 Å². The van der Waals surface area contributed by atoms with E-state index in [0.717, 1.165) is 22.2 Å². The molecule has 8 heteroatoms. The van der Waals surface area contributed by atoms with Crippen LogP contribution in [0.4, 0.5) is 20.4 Å². The van der Waals surface area contributed by atoms with Crippen LogP contribution in [-0.4, -0.2) is 22.9 Å². The van der Waals surface area contributed by atoms with Gasteiger partial charge in [0.15, 0.2) is 0 Å². The summed E-state index contributed by atoms with van der Waals surface area (Å²) >= 11 is 1.61. The fourth-order valence-electron chi connectivity index (χ4n) is 2.82. The summed E-state index contributed by atoms with van der Waals surface area (Å²) in [5, 5.41) is 3.15. The van der Waals surface area contributed by atoms with Gasteiger partial charge in [0, 0.05) is 16.6 Å². The smallest absolute Gasteiger partial charge is 0.316 e. The molecule has 0 saturated carbocycles. The van der Waals surface area contributed by atoms with Crippen molar-refractivity contribution in [2.24, 2.45) is 0 Å². The number of rotatable bonds is 6. The van der Waals surface area contributed by atoms with E-state index in [1.54, 1.807) is 16.3 Å². The van der Waals surface area contributed by atoms with Crippen LogP contribution in [0.25, 0.3) is 0 Å². The van der Waals surface area contributed by atoms with Gasteiger partial charge in [0.1, 0.15) is 11.6 Å². The number of benzene rings is 2. The summed E-state index contributed by atoms with van der Waals surface area (Å²) in [6.07, 6.45) is 3.44. The first kappa shape index (κ1) is 19.9. The molecule has 0 fully saturated rings. The summed E-state index contributed by atoms with van der Waals surface area (Å²) in [7, 11) is 1.36. The van der Waals surface area contributed by atoms with Crippen molar-refractivity contribution in [3.8, 4) is 5.75 Å². The lowest BCUT2D eigenvalue weighted by molar-refractivity contribution is 0.402. The number of methoxy groups -OCH3 is 1. The predicted molar refractivity (Wildman–Crippen MR) is 107 cm³/mol. The second-order valence-corrected chi connectivity index (χ2v) is 6.95. The maximum absolute atomic E-state index is 13.6. The second-order valence-electron chi connectivity index (χ2n) is 6.10. The van der Waals surface area contributed by atoms with Gasteiger partial charge >= 0.3 is 5.56 Å². The van der Waals surface area contributed by atoms with Crippen molar-refractivity contribution in [1.82, 2.24) is 9.55 Å². The van der Waals surface area contributed by atoms with Crippen LogP contribution in [0.15, 0.2) is 52.3 Å². The van der Waals surface area contributed by atoms with Gasteiger partial charge in [-0.25, -0.2) is 8.78 Å². The molecule has 146 valence electrons. The second kappa shape index (κ2) is 8.43. The molecule has 0 aliphatic heterocycles. The van der Waals surface area contributed by atoms with Gasteiger partial charge in [-0.3, -0.25) is 4.79 Å². The first-order chi connectivity index (χ1) is 13.4. The fourth-order valence-corrected chi connectivity index (χ4v) is 3.45. The van der Waals surface area contributed by atoms with E-state index in [-0.39, 0.29) is 18.2 Å². The summed E-state index contributed by atoms with van der Waals surface area (Å²) in [5.41, 5.74) is 1.64. The first-order valence-corrected chi connectivity index (χ1v) is 9.65. The van der Waals surface area contributed by atoms with Crippen LogP contribution in [0.2, 0.25) is 0 Å². The van der Waals surface area contributed by atoms with Gasteiger partial charge < -0.3 is 14.6 Å². The van der Waals surface area contributed by atoms with E-state index in [2.05, 4.69) is 10.3 Å². The van der Waals surface area contributed by atoms with Crippen molar-refractivity contribution in [2.75, 3.05) is 18.7 Å². The Labute approximate surface area is 165 Å². The van der Waals surface area contributed by atoms with Crippen LogP contribution in [0.1, 0.15) is 11.1 Å². The number of nitrogens with one attached hydrogen (secondary N) is 1. The molecule has 2 aromatic carbocycles. The molecule has 0 saturated heterocycles. The molecule has 1 aromatic heterocycles. The van der Waals surface area contributed by atoms with Gasteiger partial charge in [0.25, 0.3) is 0 Å². The third-order valence-electron chi connectivity index (χ3n) is 4.21. The molecular formula is C20H19F2N3O2S. The monoisotopic (exact) mass is 403 g/mol. The number of thioether (sulfide) groups is 1. The lowest BCUT2D eigenvalue weighted by atomic mass is 10.2. The average Bonchev–Trinajstić information content (AvgIpc) is 2.64. The summed E-state index contributed by atoms with van der Waals surface area (Å²) < 4.78 is 33.8. The van der Waals surface area contributed by atoms with Crippen LogP contribution in [0.5, 0.6) is 5.75 Å². The Hall–Kier alpha value is -2.87. The van der Waals surface area contributed by atoms with Crippen LogP contribution >= 0.6 is 11.8 Å². The highest BCUT2D eigenvalue weighted by molar-refractivity contribution is 7.98. The average molecular weight is 403 g/mol. The minimum absolute atomic E-state index is 0.0389. The Morgan fingerprint density at radius 2 is 1.93 bits per heavy atom. The van der Waals surface area contributed by atoms with Crippen molar-refractivity contribution in [3.05, 3.63) is 75.7 Å². The minimum Gasteiger partial charge on any atom is -0.490 e. The maximum Gasteiger partial charge on any atom is 0.316 e. The number of halogens is 2. The summed E-state index contributed by atoms with van der Waals surface area (Å²) in [6, 6.07) is 9.04. The normalized spacial score (nSPS) is 10.8. The number of aromatic nitrogens is 2. The first-order valence-electron chi connectivity index (χ1n) is 8.42. The molecule has 3 aromatic rings. The highest BCUT2D eigenvalue weighted by atomic mass is 32.2. The topological polar surface area (TPSA) is 56.1 Å². The molecule has 1 heterocycles. The van der Waals surface area contributed by atoms with Gasteiger partial charge in [-0.1, -0.05) is 6.07 Å². The number of ether oxygens (including phenoxy) is 1. The fraction of sp³-hybridized carbons (Fsp3) is 0.200. The molecule has 1 N–H and O–H groups in total. The minimum atomic E-state index is -0.672. The van der Waals surface area contributed by atoms with Gasteiger partial charge in [-0.05, 0) is 48.6 Å². The molecule has 0 spiro atoms. The lowest BCUT2D eigenvalue weighted by Crippen LogP contribution is -2.19. The van der Waals surface area contributed by atoms with Gasteiger partial charge in [-0.15, -0.1) is 11.8 Å². The zero-order valence-electron chi connectivity index (χ0n) is 15.6. The molecule has 0 amide bonds. The molecule has 0 bridgehead atoms. The van der Waals surface area contributed by atoms with Crippen molar-refractivity contribution < 1.29 is 13.5 Å². The molecule has 5 nitrogen and oxygen atoms in total. The van der Waals surface area contributed by atoms with E-state index < -0.39 is 17.2 Å². The van der Waals surface area contributed by atoms with E-state index in [1.807, 2.05) is 31.4 Å². The quantitative estimate of drug-likeness (QED) is 0.620. The number of anilines is 2. The molecular weight excluding hydrogens is 384 g/mol. The summed E-state index contributed by atoms with van der Waals surface area (Å²) in [4.78, 5) is 17.3. The lowest BCUT2D eigenvalue weighted by Gasteiger charge is -2.17. The van der Waals surface area contributed by atoms with Crippen LogP contribution in [0.3, 0.4) is 0 Å². The molecule has 0 unspecified atom stereocenters. The zero-order chi connectivity index (χ0) is 20.3. The molecule has 28 heavy (non-hydrogen) atoms. The molecule has 3 rings (SSSR count). The van der Waals surface area contributed by atoms with Crippen molar-refractivity contribution in [1.29, 1.82) is 0 Å². The molecule has 0 aliphatic carbocycles. The van der Waals surface area contributed by atoms with Crippen LogP contribution in [-0.2, 0) is 6.54 Å². The maximum atomic E-state index is 13.6. The largest absolute Gasteiger partial charge is 0.490 e. The molecule has 0 aliphatic rings. The Morgan fingerprint density at radius 3 is 2.57 bits per heavy atom. The Kier molecular flexibility index (Phi) is 5.99. The molecule has 0 atom stereocenters. The van der Waals surface area contributed by atoms with E-state index in [1.165, 1.54) is 25.4 Å². The highest BCUT2D eigenvalue weighted by Crippen LogP contribution is 2.28. The van der Waals surface area contributed by atoms with E-state index in [4.69, 9.17) is 4.74 Å². The Morgan fingerprint density at radius 1 is 1.21 bits per heavy atom. The van der Waals surface area contributed by atoms with E-state index in [0.29, 0.717) is 5.56 Å². The van der Waals surface area contributed by atoms with Gasteiger partial charge in [0.2, 0.25) is 11.7 Å². The van der Waals surface area contributed by atoms with E-state index >= 15 is 0 Å². The highest BCUT2D eigenvalue weighted by Gasteiger charge is 2.13. The van der Waals surface area contributed by atoms with Crippen LogP contribution < -0.4 is 15.6 Å². The van der Waals surface area contributed by atoms with E-state index in [9.17, 15) is 13.6 Å². The number of nitrogens with zero attached hydrogens (tertiary/aromatic N) is 2. The SMILES string of the molecule is COc1cn(Cc2cc(F)cc(F)c2)c(Nc2cccc(SC)c2C)nc1=O. The number of hydrogen-bond acceptors (Lipinski definition) is 5. The van der Waals surface area contributed by atoms with Crippen molar-refractivity contribution in [3.63, 3.8) is 0 Å².